The molecule has 0 aliphatic rings. The Labute approximate surface area is 214 Å². The van der Waals surface area contributed by atoms with Gasteiger partial charge in [0, 0.05) is 20.1 Å². The molecule has 0 aliphatic carbocycles. The average Bonchev–Trinajstić information content (AvgIpc) is 2.81. The molecule has 5 heteroatoms. The zero-order valence-electron chi connectivity index (χ0n) is 24.7. The van der Waals surface area contributed by atoms with Crippen LogP contribution in [0.25, 0.3) is 0 Å². The normalized spacial score (nSPS) is 11.9. The number of aldehydes is 1. The van der Waals surface area contributed by atoms with Gasteiger partial charge in [-0.15, -0.1) is 6.58 Å². The van der Waals surface area contributed by atoms with Crippen LogP contribution in [0, 0.1) is 17.8 Å². The van der Waals surface area contributed by atoms with Gasteiger partial charge in [0.25, 0.3) is 0 Å². The van der Waals surface area contributed by atoms with Gasteiger partial charge in [0.2, 0.25) is 0 Å². The van der Waals surface area contributed by atoms with Crippen LogP contribution in [0.15, 0.2) is 37.0 Å². The number of aliphatic hydroxyl groups excluding tert-OH is 1. The molecule has 0 heterocycles. The first-order chi connectivity index (χ1) is 15.2. The molecule has 0 unspecified atom stereocenters. The highest BCUT2D eigenvalue weighted by Crippen LogP contribution is 2.10. The molecule has 0 aromatic heterocycles. The summed E-state index contributed by atoms with van der Waals surface area (Å²) >= 11 is 0. The molecule has 5 nitrogen and oxygen atoms in total. The number of carbonyl (C=O) groups is 1. The van der Waals surface area contributed by atoms with E-state index in [1.54, 1.807) is 7.11 Å². The van der Waals surface area contributed by atoms with E-state index in [-0.39, 0.29) is 17.1 Å². The second-order valence-electron chi connectivity index (χ2n) is 7.85. The molecule has 34 heavy (non-hydrogen) atoms. The van der Waals surface area contributed by atoms with Gasteiger partial charge in [-0.25, -0.2) is 0 Å². The van der Waals surface area contributed by atoms with Crippen molar-refractivity contribution >= 4 is 6.29 Å². The minimum Gasteiger partial charge on any atom is -0.412 e. The van der Waals surface area contributed by atoms with Crippen molar-refractivity contribution in [3.05, 3.63) is 37.0 Å². The van der Waals surface area contributed by atoms with Crippen LogP contribution < -0.4 is 0 Å². The molecule has 5 N–H and O–H groups in total. The van der Waals surface area contributed by atoms with Gasteiger partial charge in [-0.2, -0.15) is 0 Å². The second kappa shape index (κ2) is 49.0. The Bertz CT molecular complexity index is 379. The maximum atomic E-state index is 9.17. The topological polar surface area (TPSA) is 110 Å². The number of hydrogen-bond donors (Lipinski definition) is 1. The smallest absolute Gasteiger partial charge is 0.119 e. The van der Waals surface area contributed by atoms with Crippen LogP contribution in [0.4, 0.5) is 0 Å². The molecule has 0 saturated carbocycles. The van der Waals surface area contributed by atoms with E-state index in [4.69, 9.17) is 9.84 Å². The monoisotopic (exact) mass is 492 g/mol. The molecular weight excluding hydrogens is 428 g/mol. The van der Waals surface area contributed by atoms with E-state index in [1.165, 1.54) is 19.3 Å². The first-order valence-electron chi connectivity index (χ1n) is 12.7. The van der Waals surface area contributed by atoms with E-state index in [0.29, 0.717) is 24.9 Å². The van der Waals surface area contributed by atoms with Gasteiger partial charge in [0.15, 0.2) is 0 Å². The summed E-state index contributed by atoms with van der Waals surface area (Å²) in [5, 5.41) is 8.37. The molecule has 0 fully saturated rings. The lowest BCUT2D eigenvalue weighted by Gasteiger charge is -2.16. The molecule has 0 spiro atoms. The lowest BCUT2D eigenvalue weighted by Crippen LogP contribution is -2.16. The van der Waals surface area contributed by atoms with Crippen molar-refractivity contribution in [2.24, 2.45) is 17.8 Å². The zero-order chi connectivity index (χ0) is 26.2. The van der Waals surface area contributed by atoms with Gasteiger partial charge in [0.1, 0.15) is 6.29 Å². The van der Waals surface area contributed by atoms with Crippen LogP contribution in [-0.2, 0) is 9.53 Å². The quantitative estimate of drug-likeness (QED) is 0.177. The predicted molar refractivity (Wildman–Crippen MR) is 155 cm³/mol. The minimum atomic E-state index is 0. The molecule has 0 amide bonds. The number of aliphatic hydroxyl groups is 1. The van der Waals surface area contributed by atoms with Crippen LogP contribution in [0.5, 0.6) is 0 Å². The largest absolute Gasteiger partial charge is 0.412 e. The molecule has 0 saturated heterocycles. The van der Waals surface area contributed by atoms with Crippen molar-refractivity contribution < 1.29 is 25.6 Å². The second-order valence-corrected chi connectivity index (χ2v) is 7.85. The van der Waals surface area contributed by atoms with Gasteiger partial charge >= 0.3 is 0 Å². The standard InChI is InChI=1S/C10H18.C8H16O.C6H14O.C3H6O.C2H6.2H2O/c1-4-5-6-7-8-9-10(2)3;1-5-7(3)8(6-2)9-4;1-3-6(2)4-5-7;1-2-3-4;1-2;;/h4-7,10H,8-9H2,1-3H3;6-8H,2,5H2,1,3-4H3;6-7H,3-5H2,1-2H3;3H,2H2,1H3;1-2H3;2*1H2/b5-4-,7-6-;;;;;;/t;7-,8-;6-;;;;/m.00..../s1. The van der Waals surface area contributed by atoms with Crippen molar-refractivity contribution in [1.29, 1.82) is 0 Å². The van der Waals surface area contributed by atoms with Gasteiger partial charge in [-0.3, -0.25) is 0 Å². The molecule has 0 rings (SSSR count). The molecule has 0 aromatic rings. The fourth-order valence-corrected chi connectivity index (χ4v) is 1.93. The van der Waals surface area contributed by atoms with Gasteiger partial charge in [0.05, 0.1) is 6.10 Å². The van der Waals surface area contributed by atoms with E-state index >= 15 is 0 Å². The van der Waals surface area contributed by atoms with Crippen LogP contribution in [0.3, 0.4) is 0 Å². The minimum absolute atomic E-state index is 0. The Hall–Kier alpha value is -1.27. The number of hydrogen-bond acceptors (Lipinski definition) is 3. The summed E-state index contributed by atoms with van der Waals surface area (Å²) in [5.41, 5.74) is 0. The Morgan fingerprint density at radius 1 is 0.941 bits per heavy atom. The van der Waals surface area contributed by atoms with Crippen molar-refractivity contribution in [3.63, 3.8) is 0 Å². The number of methoxy groups -OCH3 is 1. The van der Waals surface area contributed by atoms with E-state index in [2.05, 4.69) is 66.3 Å². The third-order valence-electron chi connectivity index (χ3n) is 4.55. The fourth-order valence-electron chi connectivity index (χ4n) is 1.93. The van der Waals surface area contributed by atoms with Crippen molar-refractivity contribution in [3.8, 4) is 0 Å². The first kappa shape index (κ1) is 49.8. The SMILES string of the molecule is C/C=C\C=C/CCC(C)C.C=C[C@H](OC)[C@@H](C)CC.CC.CCC=O.CC[C@H](C)CCO.O.O. The average molecular weight is 493 g/mol. The molecule has 3 atom stereocenters. The summed E-state index contributed by atoms with van der Waals surface area (Å²) in [7, 11) is 1.72. The van der Waals surface area contributed by atoms with Crippen molar-refractivity contribution in [2.75, 3.05) is 13.7 Å². The Kier molecular flexibility index (Phi) is 71.7. The van der Waals surface area contributed by atoms with E-state index in [9.17, 15) is 4.79 Å². The van der Waals surface area contributed by atoms with E-state index < -0.39 is 0 Å². The third-order valence-corrected chi connectivity index (χ3v) is 4.55. The summed E-state index contributed by atoms with van der Waals surface area (Å²) in [4.78, 5) is 9.17. The summed E-state index contributed by atoms with van der Waals surface area (Å²) < 4.78 is 5.13. The van der Waals surface area contributed by atoms with Gasteiger partial charge in [-0.1, -0.05) is 106 Å². The highest BCUT2D eigenvalue weighted by atomic mass is 16.5. The predicted octanol–water partition coefficient (Wildman–Crippen LogP) is 7.18. The third kappa shape index (κ3) is 57.5. The molecule has 210 valence electrons. The highest BCUT2D eigenvalue weighted by molar-refractivity contribution is 5.48. The van der Waals surface area contributed by atoms with Gasteiger partial charge in [-0.05, 0) is 43.9 Å². The number of ether oxygens (including phenoxy) is 1. The lowest BCUT2D eigenvalue weighted by atomic mass is 10.0. The van der Waals surface area contributed by atoms with Crippen molar-refractivity contribution in [1.82, 2.24) is 0 Å². The van der Waals surface area contributed by atoms with Crippen LogP contribution >= 0.6 is 0 Å². The fraction of sp³-hybridized carbons (Fsp3) is 0.759. The van der Waals surface area contributed by atoms with Crippen molar-refractivity contribution in [2.45, 2.75) is 114 Å². The van der Waals surface area contributed by atoms with E-state index in [1.807, 2.05) is 39.8 Å². The first-order valence-corrected chi connectivity index (χ1v) is 12.7. The maximum absolute atomic E-state index is 9.17. The van der Waals surface area contributed by atoms with Gasteiger partial charge < -0.3 is 25.6 Å². The molecule has 0 aliphatic heterocycles. The van der Waals surface area contributed by atoms with Crippen LogP contribution in [-0.4, -0.2) is 42.2 Å². The van der Waals surface area contributed by atoms with Crippen LogP contribution in [0.1, 0.15) is 108 Å². The Morgan fingerprint density at radius 2 is 1.44 bits per heavy atom. The molecule has 0 aromatic carbocycles. The number of allylic oxidation sites excluding steroid dienone is 4. The van der Waals surface area contributed by atoms with Crippen LogP contribution in [0.2, 0.25) is 0 Å². The van der Waals surface area contributed by atoms with E-state index in [0.717, 1.165) is 25.0 Å². The maximum Gasteiger partial charge on any atom is 0.119 e. The summed E-state index contributed by atoms with van der Waals surface area (Å²) in [5.74, 6) is 2.12. The summed E-state index contributed by atoms with van der Waals surface area (Å²) in [6.07, 6.45) is 17.8. The molecule has 0 radical (unpaired) electrons. The Balaban J connectivity index is -0.0000000566. The highest BCUT2D eigenvalue weighted by Gasteiger charge is 2.09. The Morgan fingerprint density at radius 3 is 1.65 bits per heavy atom. The zero-order valence-corrected chi connectivity index (χ0v) is 24.7. The molecular formula is C29H64O5. The summed E-state index contributed by atoms with van der Waals surface area (Å²) in [6, 6.07) is 0. The lowest BCUT2D eigenvalue weighted by molar-refractivity contribution is -0.107. The summed E-state index contributed by atoms with van der Waals surface area (Å²) in [6.45, 7) is 25.0. The number of rotatable bonds is 12. The molecule has 0 bridgehead atoms. The number of carbonyl (C=O) groups excluding carboxylic acids is 1.